The molecule has 4 heteroatoms. The Morgan fingerprint density at radius 2 is 2.11 bits per heavy atom. The first-order chi connectivity index (χ1) is 8.75. The summed E-state index contributed by atoms with van der Waals surface area (Å²) in [5, 5.41) is 6.42. The number of carbonyl (C=O) groups is 1. The molecule has 106 valence electrons. The predicted octanol–water partition coefficient (Wildman–Crippen LogP) is 2.16. The van der Waals surface area contributed by atoms with Gasteiger partial charge in [0.25, 0.3) is 0 Å². The van der Waals surface area contributed by atoms with Crippen LogP contribution in [0, 0.1) is 5.92 Å². The first-order valence-electron chi connectivity index (χ1n) is 6.80. The van der Waals surface area contributed by atoms with Crippen LogP contribution in [0.25, 0.3) is 0 Å². The van der Waals surface area contributed by atoms with Crippen molar-refractivity contribution in [2.45, 2.75) is 32.2 Å². The molecule has 19 heavy (non-hydrogen) atoms. The van der Waals surface area contributed by atoms with Crippen molar-refractivity contribution in [3.63, 3.8) is 0 Å². The van der Waals surface area contributed by atoms with Crippen LogP contribution in [-0.2, 0) is 11.2 Å². The van der Waals surface area contributed by atoms with Crippen LogP contribution in [0.5, 0.6) is 0 Å². The summed E-state index contributed by atoms with van der Waals surface area (Å²) in [7, 11) is 0. The minimum atomic E-state index is 0. The Morgan fingerprint density at radius 1 is 1.37 bits per heavy atom. The van der Waals surface area contributed by atoms with Gasteiger partial charge < -0.3 is 10.6 Å². The topological polar surface area (TPSA) is 41.1 Å². The highest BCUT2D eigenvalue weighted by atomic mass is 35.5. The highest BCUT2D eigenvalue weighted by molar-refractivity contribution is 5.85. The second-order valence-electron chi connectivity index (χ2n) is 5.10. The molecule has 1 amide bonds. The lowest BCUT2D eigenvalue weighted by Crippen LogP contribution is -2.42. The smallest absolute Gasteiger partial charge is 0.223 e. The summed E-state index contributed by atoms with van der Waals surface area (Å²) >= 11 is 0. The Balaban J connectivity index is 0.00000180. The molecule has 1 aromatic rings. The predicted molar refractivity (Wildman–Crippen MR) is 80.6 cm³/mol. The molecule has 1 aliphatic rings. The average Bonchev–Trinajstić information content (AvgIpc) is 2.40. The van der Waals surface area contributed by atoms with E-state index in [0.717, 1.165) is 32.4 Å². The third-order valence-corrected chi connectivity index (χ3v) is 3.55. The zero-order valence-electron chi connectivity index (χ0n) is 11.4. The van der Waals surface area contributed by atoms with Gasteiger partial charge in [0.05, 0.1) is 0 Å². The minimum Gasteiger partial charge on any atom is -0.356 e. The van der Waals surface area contributed by atoms with Crippen molar-refractivity contribution >= 4 is 18.3 Å². The molecule has 2 rings (SSSR count). The van der Waals surface area contributed by atoms with E-state index in [0.29, 0.717) is 6.04 Å². The monoisotopic (exact) mass is 282 g/mol. The molecule has 0 bridgehead atoms. The maximum Gasteiger partial charge on any atom is 0.223 e. The fourth-order valence-electron chi connectivity index (χ4n) is 2.49. The highest BCUT2D eigenvalue weighted by Crippen LogP contribution is 2.15. The van der Waals surface area contributed by atoms with Gasteiger partial charge in [0, 0.05) is 18.5 Å². The molecule has 1 fully saturated rings. The lowest BCUT2D eigenvalue weighted by molar-refractivity contribution is -0.126. The lowest BCUT2D eigenvalue weighted by Gasteiger charge is -2.27. The number of halogens is 1. The second-order valence-corrected chi connectivity index (χ2v) is 5.10. The van der Waals surface area contributed by atoms with Crippen molar-refractivity contribution in [2.75, 3.05) is 13.1 Å². The number of benzene rings is 1. The Kier molecular flexibility index (Phi) is 6.89. The summed E-state index contributed by atoms with van der Waals surface area (Å²) < 4.78 is 0. The van der Waals surface area contributed by atoms with Gasteiger partial charge in [-0.2, -0.15) is 0 Å². The first kappa shape index (κ1) is 16.0. The van der Waals surface area contributed by atoms with E-state index in [1.54, 1.807) is 0 Å². The van der Waals surface area contributed by atoms with Crippen LogP contribution in [-0.4, -0.2) is 25.0 Å². The molecular formula is C15H23ClN2O. The molecule has 0 unspecified atom stereocenters. The van der Waals surface area contributed by atoms with E-state index in [2.05, 4.69) is 29.7 Å². The summed E-state index contributed by atoms with van der Waals surface area (Å²) in [4.78, 5) is 12.0. The maximum absolute atomic E-state index is 12.0. The molecule has 3 nitrogen and oxygen atoms in total. The van der Waals surface area contributed by atoms with Crippen LogP contribution < -0.4 is 10.6 Å². The van der Waals surface area contributed by atoms with Crippen LogP contribution in [0.3, 0.4) is 0 Å². The van der Waals surface area contributed by atoms with E-state index in [4.69, 9.17) is 0 Å². The quantitative estimate of drug-likeness (QED) is 0.889. The van der Waals surface area contributed by atoms with Crippen molar-refractivity contribution in [3.05, 3.63) is 35.9 Å². The molecule has 0 radical (unpaired) electrons. The van der Waals surface area contributed by atoms with Crippen molar-refractivity contribution < 1.29 is 4.79 Å². The molecule has 0 spiro atoms. The molecule has 2 atom stereocenters. The van der Waals surface area contributed by atoms with Gasteiger partial charge in [-0.1, -0.05) is 30.3 Å². The van der Waals surface area contributed by atoms with Gasteiger partial charge in [0.2, 0.25) is 5.91 Å². The Morgan fingerprint density at radius 3 is 2.79 bits per heavy atom. The summed E-state index contributed by atoms with van der Waals surface area (Å²) in [5.74, 6) is 0.413. The van der Waals surface area contributed by atoms with Crippen LogP contribution in [0.15, 0.2) is 30.3 Å². The van der Waals surface area contributed by atoms with Crippen LogP contribution >= 0.6 is 12.4 Å². The van der Waals surface area contributed by atoms with Crippen LogP contribution in [0.2, 0.25) is 0 Å². The Bertz CT molecular complexity index is 383. The Hall–Kier alpha value is -1.06. The van der Waals surface area contributed by atoms with E-state index in [9.17, 15) is 4.79 Å². The minimum absolute atomic E-state index is 0. The first-order valence-corrected chi connectivity index (χ1v) is 6.80. The van der Waals surface area contributed by atoms with E-state index >= 15 is 0 Å². The molecule has 1 aliphatic heterocycles. The zero-order chi connectivity index (χ0) is 12.8. The third-order valence-electron chi connectivity index (χ3n) is 3.55. The largest absolute Gasteiger partial charge is 0.356 e. The van der Waals surface area contributed by atoms with Gasteiger partial charge in [-0.15, -0.1) is 12.4 Å². The summed E-state index contributed by atoms with van der Waals surface area (Å²) in [5.41, 5.74) is 1.27. The fourth-order valence-corrected chi connectivity index (χ4v) is 2.49. The van der Waals surface area contributed by atoms with Crippen LogP contribution in [0.4, 0.5) is 0 Å². The standard InChI is InChI=1S/C15H22N2O.ClH/c1-12-11-14(8-10-16-12)15(18)17-9-7-13-5-3-2-4-6-13;/h2-6,12,14,16H,7-11H2,1H3,(H,17,18);1H/t12-,14-;/m0./s1. The lowest BCUT2D eigenvalue weighted by atomic mass is 9.92. The molecule has 0 aromatic heterocycles. The number of rotatable bonds is 4. The third kappa shape index (κ3) is 5.21. The summed E-state index contributed by atoms with van der Waals surface area (Å²) in [6.45, 7) is 3.84. The maximum atomic E-state index is 12.0. The zero-order valence-corrected chi connectivity index (χ0v) is 12.2. The highest BCUT2D eigenvalue weighted by Gasteiger charge is 2.24. The number of carbonyl (C=O) groups excluding carboxylic acids is 1. The van der Waals surface area contributed by atoms with Gasteiger partial charge in [0.15, 0.2) is 0 Å². The molecule has 1 saturated heterocycles. The van der Waals surface area contributed by atoms with E-state index in [1.165, 1.54) is 5.56 Å². The molecule has 2 N–H and O–H groups in total. The summed E-state index contributed by atoms with van der Waals surface area (Å²) in [6.07, 6.45) is 2.83. The van der Waals surface area contributed by atoms with Gasteiger partial charge in [0.1, 0.15) is 0 Å². The second kappa shape index (κ2) is 8.18. The Labute approximate surface area is 121 Å². The van der Waals surface area contributed by atoms with Gasteiger partial charge in [-0.05, 0) is 38.3 Å². The van der Waals surface area contributed by atoms with E-state index < -0.39 is 0 Å². The normalized spacial score (nSPS) is 22.4. The van der Waals surface area contributed by atoms with E-state index in [-0.39, 0.29) is 24.2 Å². The SMILES string of the molecule is C[C@H]1C[C@@H](C(=O)NCCc2ccccc2)CCN1.Cl. The van der Waals surface area contributed by atoms with Gasteiger partial charge in [-0.3, -0.25) is 4.79 Å². The van der Waals surface area contributed by atoms with Crippen molar-refractivity contribution in [2.24, 2.45) is 5.92 Å². The van der Waals surface area contributed by atoms with Crippen molar-refractivity contribution in [1.29, 1.82) is 0 Å². The van der Waals surface area contributed by atoms with Crippen molar-refractivity contribution in [1.82, 2.24) is 10.6 Å². The number of hydrogen-bond donors (Lipinski definition) is 2. The number of piperidine rings is 1. The van der Waals surface area contributed by atoms with E-state index in [1.807, 2.05) is 18.2 Å². The van der Waals surface area contributed by atoms with Gasteiger partial charge in [-0.25, -0.2) is 0 Å². The number of amides is 1. The van der Waals surface area contributed by atoms with Crippen LogP contribution in [0.1, 0.15) is 25.3 Å². The molecular weight excluding hydrogens is 260 g/mol. The number of nitrogens with one attached hydrogen (secondary N) is 2. The van der Waals surface area contributed by atoms with Crippen molar-refractivity contribution in [3.8, 4) is 0 Å². The summed E-state index contributed by atoms with van der Waals surface area (Å²) in [6, 6.07) is 10.7. The number of hydrogen-bond acceptors (Lipinski definition) is 2. The molecule has 1 aromatic carbocycles. The molecule has 0 saturated carbocycles. The average molecular weight is 283 g/mol. The molecule has 1 heterocycles. The molecule has 0 aliphatic carbocycles. The fraction of sp³-hybridized carbons (Fsp3) is 0.533. The van der Waals surface area contributed by atoms with Gasteiger partial charge >= 0.3 is 0 Å².